The van der Waals surface area contributed by atoms with Crippen LogP contribution in [0.2, 0.25) is 0 Å². The minimum absolute atomic E-state index is 0.184. The van der Waals surface area contributed by atoms with Crippen LogP contribution in [0, 0.1) is 0 Å². The second kappa shape index (κ2) is 8.00. The minimum atomic E-state index is 0.184. The third-order valence-electron chi connectivity index (χ3n) is 3.90. The summed E-state index contributed by atoms with van der Waals surface area (Å²) in [5.74, 6) is 1.04. The molecule has 0 aromatic heterocycles. The molecule has 0 saturated carbocycles. The second-order valence-corrected chi connectivity index (χ2v) is 5.30. The van der Waals surface area contributed by atoms with Gasteiger partial charge < -0.3 is 14.7 Å². The molecule has 1 amide bonds. The first-order chi connectivity index (χ1) is 10.2. The van der Waals surface area contributed by atoms with Gasteiger partial charge in [-0.3, -0.25) is 9.69 Å². The summed E-state index contributed by atoms with van der Waals surface area (Å²) in [6.07, 6.45) is 1.28. The third-order valence-corrected chi connectivity index (χ3v) is 3.90. The monoisotopic (exact) mass is 292 g/mol. The Morgan fingerprint density at radius 3 is 2.71 bits per heavy atom. The molecule has 5 nitrogen and oxygen atoms in total. The van der Waals surface area contributed by atoms with E-state index in [9.17, 15) is 4.79 Å². The first-order valence-corrected chi connectivity index (χ1v) is 7.47. The average Bonchev–Trinajstić information content (AvgIpc) is 2.54. The summed E-state index contributed by atoms with van der Waals surface area (Å²) in [7, 11) is 1.65. The number of methoxy groups -OCH3 is 1. The lowest BCUT2D eigenvalue weighted by molar-refractivity contribution is -0.132. The molecule has 21 heavy (non-hydrogen) atoms. The fourth-order valence-corrected chi connectivity index (χ4v) is 2.60. The summed E-state index contributed by atoms with van der Waals surface area (Å²) in [4.78, 5) is 16.3. The van der Waals surface area contributed by atoms with Crippen LogP contribution >= 0.6 is 0 Å². The highest BCUT2D eigenvalue weighted by molar-refractivity contribution is 5.76. The summed E-state index contributed by atoms with van der Waals surface area (Å²) in [5.41, 5.74) is 1.13. The number of aliphatic hydroxyl groups is 1. The molecule has 0 radical (unpaired) electrons. The van der Waals surface area contributed by atoms with Gasteiger partial charge in [-0.05, 0) is 24.1 Å². The highest BCUT2D eigenvalue weighted by Gasteiger charge is 2.20. The zero-order valence-corrected chi connectivity index (χ0v) is 12.6. The summed E-state index contributed by atoms with van der Waals surface area (Å²) < 4.78 is 5.19. The molecule has 0 unspecified atom stereocenters. The van der Waals surface area contributed by atoms with Gasteiger partial charge in [-0.1, -0.05) is 12.1 Å². The van der Waals surface area contributed by atoms with E-state index >= 15 is 0 Å². The average molecular weight is 292 g/mol. The van der Waals surface area contributed by atoms with Crippen LogP contribution in [-0.4, -0.2) is 67.3 Å². The van der Waals surface area contributed by atoms with E-state index in [4.69, 9.17) is 9.84 Å². The van der Waals surface area contributed by atoms with Crippen molar-refractivity contribution in [2.75, 3.05) is 46.4 Å². The van der Waals surface area contributed by atoms with Crippen LogP contribution in [0.5, 0.6) is 5.75 Å². The summed E-state index contributed by atoms with van der Waals surface area (Å²) in [6, 6.07) is 7.86. The Morgan fingerprint density at radius 2 is 2.05 bits per heavy atom. The van der Waals surface area contributed by atoms with Gasteiger partial charge >= 0.3 is 0 Å². The molecule has 0 aliphatic carbocycles. The Hall–Kier alpha value is -1.59. The minimum Gasteiger partial charge on any atom is -0.497 e. The van der Waals surface area contributed by atoms with E-state index in [0.29, 0.717) is 13.0 Å². The van der Waals surface area contributed by atoms with Gasteiger partial charge in [0.2, 0.25) is 5.91 Å². The molecule has 116 valence electrons. The van der Waals surface area contributed by atoms with Crippen molar-refractivity contribution in [3.63, 3.8) is 0 Å². The molecule has 5 heteroatoms. The predicted octanol–water partition coefficient (Wildman–Crippen LogP) is 0.764. The van der Waals surface area contributed by atoms with Crippen LogP contribution in [0.15, 0.2) is 24.3 Å². The van der Waals surface area contributed by atoms with Gasteiger partial charge in [0.25, 0.3) is 0 Å². The predicted molar refractivity (Wildman–Crippen MR) is 81.4 cm³/mol. The van der Waals surface area contributed by atoms with E-state index in [1.54, 1.807) is 7.11 Å². The molecule has 1 aliphatic rings. The number of carbonyl (C=O) groups is 1. The molecule has 1 aliphatic heterocycles. The van der Waals surface area contributed by atoms with Crippen molar-refractivity contribution in [2.24, 2.45) is 0 Å². The summed E-state index contributed by atoms with van der Waals surface area (Å²) >= 11 is 0. The fraction of sp³-hybridized carbons (Fsp3) is 0.562. The lowest BCUT2D eigenvalue weighted by Crippen LogP contribution is -2.49. The topological polar surface area (TPSA) is 53.0 Å². The number of nitrogens with zero attached hydrogens (tertiary/aromatic N) is 2. The molecule has 1 saturated heterocycles. The van der Waals surface area contributed by atoms with Crippen LogP contribution in [-0.2, 0) is 11.2 Å². The van der Waals surface area contributed by atoms with Crippen molar-refractivity contribution in [3.05, 3.63) is 29.8 Å². The SMILES string of the molecule is COc1cccc(CCC(=O)N2CCN(CCO)CC2)c1. The Balaban J connectivity index is 1.77. The van der Waals surface area contributed by atoms with Crippen LogP contribution in [0.25, 0.3) is 0 Å². The van der Waals surface area contributed by atoms with Gasteiger partial charge in [-0.15, -0.1) is 0 Å². The molecule has 2 rings (SSSR count). The molecule has 0 spiro atoms. The van der Waals surface area contributed by atoms with Crippen LogP contribution in [0.3, 0.4) is 0 Å². The van der Waals surface area contributed by atoms with Gasteiger partial charge in [0.15, 0.2) is 0 Å². The van der Waals surface area contributed by atoms with E-state index in [-0.39, 0.29) is 12.5 Å². The second-order valence-electron chi connectivity index (χ2n) is 5.30. The Bertz CT molecular complexity index is 457. The Morgan fingerprint density at radius 1 is 1.29 bits per heavy atom. The molecular weight excluding hydrogens is 268 g/mol. The first kappa shape index (κ1) is 15.8. The molecule has 1 fully saturated rings. The number of hydrogen-bond acceptors (Lipinski definition) is 4. The van der Waals surface area contributed by atoms with E-state index in [0.717, 1.165) is 43.9 Å². The van der Waals surface area contributed by atoms with E-state index in [1.165, 1.54) is 0 Å². The number of amides is 1. The summed E-state index contributed by atoms with van der Waals surface area (Å²) in [6.45, 7) is 4.11. The zero-order chi connectivity index (χ0) is 15.1. The van der Waals surface area contributed by atoms with Gasteiger partial charge in [-0.2, -0.15) is 0 Å². The fourth-order valence-electron chi connectivity index (χ4n) is 2.60. The van der Waals surface area contributed by atoms with Crippen molar-refractivity contribution >= 4 is 5.91 Å². The van der Waals surface area contributed by atoms with E-state index < -0.39 is 0 Å². The van der Waals surface area contributed by atoms with Gasteiger partial charge in [0, 0.05) is 39.1 Å². The molecule has 1 aromatic rings. The summed E-state index contributed by atoms with van der Waals surface area (Å²) in [5, 5.41) is 8.91. The number of aliphatic hydroxyl groups excluding tert-OH is 1. The Kier molecular flexibility index (Phi) is 6.02. The van der Waals surface area contributed by atoms with Crippen LogP contribution in [0.4, 0.5) is 0 Å². The molecule has 1 heterocycles. The normalized spacial score (nSPS) is 16.0. The van der Waals surface area contributed by atoms with Crippen molar-refractivity contribution in [3.8, 4) is 5.75 Å². The van der Waals surface area contributed by atoms with Crippen molar-refractivity contribution < 1.29 is 14.6 Å². The van der Waals surface area contributed by atoms with Crippen LogP contribution < -0.4 is 4.74 Å². The van der Waals surface area contributed by atoms with Gasteiger partial charge in [0.05, 0.1) is 13.7 Å². The number of benzene rings is 1. The van der Waals surface area contributed by atoms with E-state index in [2.05, 4.69) is 4.90 Å². The number of carbonyl (C=O) groups excluding carboxylic acids is 1. The number of β-amino-alcohol motifs (C(OH)–C–C–N with tert-alkyl or cyclic N) is 1. The van der Waals surface area contributed by atoms with E-state index in [1.807, 2.05) is 29.2 Å². The quantitative estimate of drug-likeness (QED) is 0.841. The van der Waals surface area contributed by atoms with Crippen molar-refractivity contribution in [2.45, 2.75) is 12.8 Å². The maximum Gasteiger partial charge on any atom is 0.222 e. The van der Waals surface area contributed by atoms with Gasteiger partial charge in [0.1, 0.15) is 5.75 Å². The first-order valence-electron chi connectivity index (χ1n) is 7.47. The number of ether oxygens (including phenoxy) is 1. The number of aryl methyl sites for hydroxylation is 1. The number of piperazine rings is 1. The van der Waals surface area contributed by atoms with Crippen molar-refractivity contribution in [1.82, 2.24) is 9.80 Å². The van der Waals surface area contributed by atoms with Crippen LogP contribution in [0.1, 0.15) is 12.0 Å². The molecule has 1 N–H and O–H groups in total. The number of hydrogen-bond donors (Lipinski definition) is 1. The smallest absolute Gasteiger partial charge is 0.222 e. The highest BCUT2D eigenvalue weighted by Crippen LogP contribution is 2.14. The van der Waals surface area contributed by atoms with Gasteiger partial charge in [-0.25, -0.2) is 0 Å². The number of rotatable bonds is 6. The lowest BCUT2D eigenvalue weighted by Gasteiger charge is -2.34. The maximum absolute atomic E-state index is 12.2. The lowest BCUT2D eigenvalue weighted by atomic mass is 10.1. The zero-order valence-electron chi connectivity index (χ0n) is 12.6. The van der Waals surface area contributed by atoms with Crippen molar-refractivity contribution in [1.29, 1.82) is 0 Å². The molecule has 1 aromatic carbocycles. The largest absolute Gasteiger partial charge is 0.497 e. The maximum atomic E-state index is 12.2. The highest BCUT2D eigenvalue weighted by atomic mass is 16.5. The standard InChI is InChI=1S/C16H24N2O3/c1-21-15-4-2-3-14(13-15)5-6-16(20)18-9-7-17(8-10-18)11-12-19/h2-4,13,19H,5-12H2,1H3. The molecular formula is C16H24N2O3. The Labute approximate surface area is 126 Å². The molecule has 0 bridgehead atoms. The molecule has 0 atom stereocenters. The third kappa shape index (κ3) is 4.72.